The zero-order chi connectivity index (χ0) is 19.9. The zero-order valence-electron chi connectivity index (χ0n) is 16.9. The van der Waals surface area contributed by atoms with Crippen molar-refractivity contribution in [2.24, 2.45) is 0 Å². The molecule has 28 heavy (non-hydrogen) atoms. The fourth-order valence-electron chi connectivity index (χ4n) is 3.21. The van der Waals surface area contributed by atoms with E-state index >= 15 is 0 Å². The first kappa shape index (κ1) is 20.4. The number of unbranched alkanes of at least 4 members (excludes halogenated alkanes) is 1. The van der Waals surface area contributed by atoms with Crippen molar-refractivity contribution in [3.05, 3.63) is 65.2 Å². The molecular formula is C24H28N2OS. The van der Waals surface area contributed by atoms with Crippen LogP contribution in [0.3, 0.4) is 0 Å². The highest BCUT2D eigenvalue weighted by atomic mass is 32.2. The average Bonchev–Trinajstić information content (AvgIpc) is 2.68. The molecule has 1 heterocycles. The van der Waals surface area contributed by atoms with Crippen molar-refractivity contribution < 1.29 is 4.79 Å². The quantitative estimate of drug-likeness (QED) is 0.456. The van der Waals surface area contributed by atoms with E-state index in [0.717, 1.165) is 22.7 Å². The number of aromatic nitrogens is 1. The van der Waals surface area contributed by atoms with Crippen LogP contribution in [0, 0.1) is 13.8 Å². The van der Waals surface area contributed by atoms with Crippen LogP contribution < -0.4 is 5.32 Å². The molecular weight excluding hydrogens is 364 g/mol. The molecule has 0 unspecified atom stereocenters. The van der Waals surface area contributed by atoms with E-state index in [2.05, 4.69) is 62.5 Å². The molecule has 0 saturated heterocycles. The minimum Gasteiger partial charge on any atom is -0.326 e. The molecule has 0 saturated carbocycles. The number of hydrogen-bond donors (Lipinski definition) is 1. The van der Waals surface area contributed by atoms with Gasteiger partial charge in [0.1, 0.15) is 0 Å². The number of nitrogens with one attached hydrogen (secondary N) is 1. The van der Waals surface area contributed by atoms with Crippen LogP contribution in [0.15, 0.2) is 53.6 Å². The summed E-state index contributed by atoms with van der Waals surface area (Å²) in [4.78, 5) is 17.0. The van der Waals surface area contributed by atoms with Gasteiger partial charge in [-0.15, -0.1) is 11.8 Å². The lowest BCUT2D eigenvalue weighted by molar-refractivity contribution is -0.115. The van der Waals surface area contributed by atoms with Crippen molar-refractivity contribution in [2.75, 3.05) is 11.1 Å². The van der Waals surface area contributed by atoms with E-state index in [4.69, 9.17) is 4.98 Å². The lowest BCUT2D eigenvalue weighted by Crippen LogP contribution is -2.12. The van der Waals surface area contributed by atoms with Crippen LogP contribution >= 0.6 is 11.8 Å². The van der Waals surface area contributed by atoms with Gasteiger partial charge < -0.3 is 5.32 Å². The van der Waals surface area contributed by atoms with E-state index in [1.54, 1.807) is 11.8 Å². The molecule has 2 aromatic carbocycles. The Morgan fingerprint density at radius 1 is 1.07 bits per heavy atom. The van der Waals surface area contributed by atoms with E-state index in [0.29, 0.717) is 12.2 Å². The summed E-state index contributed by atoms with van der Waals surface area (Å²) in [5.74, 6) is 0.757. The first-order valence-electron chi connectivity index (χ1n) is 9.95. The number of hydrogen-bond acceptors (Lipinski definition) is 3. The van der Waals surface area contributed by atoms with E-state index in [-0.39, 0.29) is 5.91 Å². The normalized spacial score (nSPS) is 11.0. The highest BCUT2D eigenvalue weighted by molar-refractivity contribution is 7.99. The van der Waals surface area contributed by atoms with Gasteiger partial charge in [-0.2, -0.15) is 0 Å². The molecule has 3 nitrogen and oxygen atoms in total. The van der Waals surface area contributed by atoms with Crippen LogP contribution in [-0.4, -0.2) is 16.6 Å². The molecule has 0 fully saturated rings. The Balaban J connectivity index is 1.53. The number of fused-ring (bicyclic) bond motifs is 1. The van der Waals surface area contributed by atoms with Crippen molar-refractivity contribution in [1.82, 2.24) is 4.98 Å². The number of para-hydroxylation sites is 1. The van der Waals surface area contributed by atoms with Crippen LogP contribution in [0.25, 0.3) is 10.9 Å². The number of thioether (sulfide) groups is 1. The Morgan fingerprint density at radius 2 is 1.86 bits per heavy atom. The summed E-state index contributed by atoms with van der Waals surface area (Å²) in [5.41, 5.74) is 5.65. The number of carbonyl (C=O) groups is 1. The number of anilines is 1. The summed E-state index contributed by atoms with van der Waals surface area (Å²) in [5, 5.41) is 5.17. The summed E-state index contributed by atoms with van der Waals surface area (Å²) in [6.45, 7) is 6.40. The Kier molecular flexibility index (Phi) is 7.10. The lowest BCUT2D eigenvalue weighted by atomic mass is 10.1. The van der Waals surface area contributed by atoms with Crippen LogP contribution in [0.1, 0.15) is 42.9 Å². The second kappa shape index (κ2) is 9.74. The average molecular weight is 393 g/mol. The van der Waals surface area contributed by atoms with Gasteiger partial charge in [0.05, 0.1) is 10.5 Å². The van der Waals surface area contributed by atoms with Crippen molar-refractivity contribution in [3.63, 3.8) is 0 Å². The van der Waals surface area contributed by atoms with Gasteiger partial charge in [-0.25, -0.2) is 4.98 Å². The van der Waals surface area contributed by atoms with Crippen molar-refractivity contribution in [3.8, 4) is 0 Å². The fourth-order valence-corrected chi connectivity index (χ4v) is 4.12. The molecule has 4 heteroatoms. The van der Waals surface area contributed by atoms with Gasteiger partial charge >= 0.3 is 0 Å². The summed E-state index contributed by atoms with van der Waals surface area (Å²) in [6.07, 6.45) is 3.96. The lowest BCUT2D eigenvalue weighted by Gasteiger charge is -2.09. The number of benzene rings is 2. The van der Waals surface area contributed by atoms with Crippen molar-refractivity contribution >= 4 is 34.3 Å². The number of carbonyl (C=O) groups excluding carboxylic acids is 1. The molecule has 0 spiro atoms. The van der Waals surface area contributed by atoms with Gasteiger partial charge in [0.15, 0.2) is 0 Å². The van der Waals surface area contributed by atoms with E-state index in [1.807, 2.05) is 12.1 Å². The largest absolute Gasteiger partial charge is 0.326 e. The minimum absolute atomic E-state index is 0.0440. The predicted molar refractivity (Wildman–Crippen MR) is 120 cm³/mol. The molecule has 3 rings (SSSR count). The maximum absolute atomic E-state index is 12.2. The van der Waals surface area contributed by atoms with E-state index in [9.17, 15) is 4.79 Å². The molecule has 3 aromatic rings. The number of aryl methyl sites for hydroxylation is 3. The zero-order valence-corrected chi connectivity index (χ0v) is 17.7. The molecule has 1 amide bonds. The maximum Gasteiger partial charge on any atom is 0.225 e. The Labute approximate surface area is 172 Å². The highest BCUT2D eigenvalue weighted by Crippen LogP contribution is 2.26. The number of nitrogens with zero attached hydrogens (tertiary/aromatic N) is 1. The Bertz CT molecular complexity index is 951. The van der Waals surface area contributed by atoms with E-state index in [1.165, 1.54) is 34.9 Å². The van der Waals surface area contributed by atoms with Crippen molar-refractivity contribution in [2.45, 2.75) is 51.5 Å². The molecule has 1 N–H and O–H groups in total. The third kappa shape index (κ3) is 5.35. The van der Waals surface area contributed by atoms with Crippen LogP contribution in [0.5, 0.6) is 0 Å². The van der Waals surface area contributed by atoms with Crippen LogP contribution in [-0.2, 0) is 11.2 Å². The molecule has 0 radical (unpaired) electrons. The molecule has 0 bridgehead atoms. The Morgan fingerprint density at radius 3 is 2.61 bits per heavy atom. The van der Waals surface area contributed by atoms with Gasteiger partial charge in [0, 0.05) is 23.2 Å². The molecule has 1 aromatic heterocycles. The molecule has 0 aliphatic heterocycles. The first-order valence-corrected chi connectivity index (χ1v) is 10.9. The minimum atomic E-state index is 0.0440. The van der Waals surface area contributed by atoms with E-state index < -0.39 is 0 Å². The molecule has 146 valence electrons. The third-order valence-corrected chi connectivity index (χ3v) is 5.77. The monoisotopic (exact) mass is 392 g/mol. The number of pyridine rings is 1. The summed E-state index contributed by atoms with van der Waals surface area (Å²) >= 11 is 1.64. The highest BCUT2D eigenvalue weighted by Gasteiger charge is 2.07. The topological polar surface area (TPSA) is 42.0 Å². The predicted octanol–water partition coefficient (Wildman–Crippen LogP) is 6.32. The van der Waals surface area contributed by atoms with Gasteiger partial charge in [0.2, 0.25) is 5.91 Å². The second-order valence-corrected chi connectivity index (χ2v) is 8.31. The smallest absolute Gasteiger partial charge is 0.225 e. The van der Waals surface area contributed by atoms with Crippen molar-refractivity contribution in [1.29, 1.82) is 0 Å². The summed E-state index contributed by atoms with van der Waals surface area (Å²) < 4.78 is 0. The maximum atomic E-state index is 12.2. The Hall–Kier alpha value is -2.33. The molecule has 0 aliphatic carbocycles. The van der Waals surface area contributed by atoms with Gasteiger partial charge in [-0.3, -0.25) is 4.79 Å². The van der Waals surface area contributed by atoms with Gasteiger partial charge in [-0.1, -0.05) is 43.7 Å². The standard InChI is InChI=1S/C24H28N2OS/c1-4-5-8-19-10-12-20(13-11-19)25-22(27)14-15-28-23-16-18(3)21-9-6-7-17(2)24(21)26-23/h6-7,9-13,16H,4-5,8,14-15H2,1-3H3,(H,25,27). The molecule has 0 atom stereocenters. The SMILES string of the molecule is CCCCc1ccc(NC(=O)CCSc2cc(C)c3cccc(C)c3n2)cc1. The van der Waals surface area contributed by atoms with Crippen LogP contribution in [0.4, 0.5) is 5.69 Å². The van der Waals surface area contributed by atoms with Crippen LogP contribution in [0.2, 0.25) is 0 Å². The third-order valence-electron chi connectivity index (χ3n) is 4.86. The first-order chi connectivity index (χ1) is 13.6. The van der Waals surface area contributed by atoms with Gasteiger partial charge in [-0.05, 0) is 61.6 Å². The second-order valence-electron chi connectivity index (χ2n) is 7.20. The summed E-state index contributed by atoms with van der Waals surface area (Å²) in [6, 6.07) is 16.6. The number of amides is 1. The van der Waals surface area contributed by atoms with Gasteiger partial charge in [0.25, 0.3) is 0 Å². The fraction of sp³-hybridized carbons (Fsp3) is 0.333. The molecule has 0 aliphatic rings. The summed E-state index contributed by atoms with van der Waals surface area (Å²) in [7, 11) is 0. The number of rotatable bonds is 8.